The van der Waals surface area contributed by atoms with Gasteiger partial charge in [-0.2, -0.15) is 5.26 Å². The molecule has 0 saturated carbocycles. The minimum atomic E-state index is -0.708. The fourth-order valence-electron chi connectivity index (χ4n) is 2.32. The number of nitrogens with zero attached hydrogens (tertiary/aromatic N) is 2. The van der Waals surface area contributed by atoms with Gasteiger partial charge >= 0.3 is 0 Å². The third-order valence-electron chi connectivity index (χ3n) is 3.37. The monoisotopic (exact) mass is 284 g/mol. The van der Waals surface area contributed by atoms with Crippen LogP contribution in [-0.4, -0.2) is 25.6 Å². The van der Waals surface area contributed by atoms with Crippen molar-refractivity contribution in [1.29, 1.82) is 5.26 Å². The Kier molecular flexibility index (Phi) is 3.72. The third kappa shape index (κ3) is 1.95. The normalized spacial score (nSPS) is 22.9. The lowest BCUT2D eigenvalue weighted by molar-refractivity contribution is 0.202. The van der Waals surface area contributed by atoms with Gasteiger partial charge in [-0.3, -0.25) is 4.90 Å². The van der Waals surface area contributed by atoms with E-state index in [0.717, 1.165) is 12.0 Å². The summed E-state index contributed by atoms with van der Waals surface area (Å²) in [6, 6.07) is 5.95. The average molecular weight is 285 g/mol. The van der Waals surface area contributed by atoms with E-state index in [4.69, 9.17) is 27.9 Å². The van der Waals surface area contributed by atoms with Crippen LogP contribution in [0.15, 0.2) is 12.1 Å². The first-order valence-corrected chi connectivity index (χ1v) is 6.48. The van der Waals surface area contributed by atoms with Gasteiger partial charge in [-0.25, -0.2) is 0 Å². The van der Waals surface area contributed by atoms with Gasteiger partial charge in [0, 0.05) is 5.56 Å². The second kappa shape index (κ2) is 4.97. The molecular weight excluding hydrogens is 271 g/mol. The highest BCUT2D eigenvalue weighted by molar-refractivity contribution is 6.43. The summed E-state index contributed by atoms with van der Waals surface area (Å²) in [5.41, 5.74) is 0.0852. The van der Waals surface area contributed by atoms with Crippen LogP contribution in [0.25, 0.3) is 0 Å². The molecule has 1 aromatic rings. The van der Waals surface area contributed by atoms with Gasteiger partial charge in [0.15, 0.2) is 0 Å². The smallest absolute Gasteiger partial charge is 0.145 e. The zero-order valence-electron chi connectivity index (χ0n) is 10.3. The topological polar surface area (TPSA) is 36.3 Å². The van der Waals surface area contributed by atoms with Gasteiger partial charge in [0.2, 0.25) is 0 Å². The molecule has 2 rings (SSSR count). The van der Waals surface area contributed by atoms with Crippen molar-refractivity contribution < 1.29 is 4.74 Å². The number of hydrogen-bond acceptors (Lipinski definition) is 3. The van der Waals surface area contributed by atoms with E-state index in [9.17, 15) is 5.26 Å². The predicted molar refractivity (Wildman–Crippen MR) is 72.2 cm³/mol. The van der Waals surface area contributed by atoms with Gasteiger partial charge in [-0.05, 0) is 33.0 Å². The van der Waals surface area contributed by atoms with Crippen LogP contribution >= 0.6 is 23.2 Å². The van der Waals surface area contributed by atoms with Crippen molar-refractivity contribution in [3.8, 4) is 11.8 Å². The Morgan fingerprint density at radius 1 is 1.39 bits per heavy atom. The lowest BCUT2D eigenvalue weighted by Crippen LogP contribution is -2.39. The summed E-state index contributed by atoms with van der Waals surface area (Å²) < 4.78 is 5.67. The van der Waals surface area contributed by atoms with Crippen LogP contribution in [0.4, 0.5) is 0 Å². The lowest BCUT2D eigenvalue weighted by atomic mass is 9.85. The van der Waals surface area contributed by atoms with Crippen molar-refractivity contribution in [1.82, 2.24) is 4.90 Å². The Balaban J connectivity index is 2.70. The van der Waals surface area contributed by atoms with E-state index in [-0.39, 0.29) is 0 Å². The number of benzene rings is 1. The maximum atomic E-state index is 9.62. The number of hydrogen-bond donors (Lipinski definition) is 0. The molecule has 18 heavy (non-hydrogen) atoms. The molecule has 0 aromatic heterocycles. The molecule has 0 spiro atoms. The van der Waals surface area contributed by atoms with Crippen molar-refractivity contribution in [2.45, 2.75) is 18.4 Å². The molecule has 1 aliphatic heterocycles. The molecule has 0 N–H and O–H groups in total. The first kappa shape index (κ1) is 13.5. The van der Waals surface area contributed by atoms with Crippen LogP contribution in [0.2, 0.25) is 10.0 Å². The Labute approximate surface area is 117 Å². The van der Waals surface area contributed by atoms with E-state index < -0.39 is 5.54 Å². The highest BCUT2D eigenvalue weighted by Gasteiger charge is 2.39. The molecule has 96 valence electrons. The molecule has 3 nitrogen and oxygen atoms in total. The average Bonchev–Trinajstić information content (AvgIpc) is 2.54. The van der Waals surface area contributed by atoms with Gasteiger partial charge in [0.05, 0.1) is 17.7 Å². The fraction of sp³-hybridized carbons (Fsp3) is 0.462. The van der Waals surface area contributed by atoms with Crippen molar-refractivity contribution in [2.24, 2.45) is 0 Å². The van der Waals surface area contributed by atoms with Gasteiger partial charge < -0.3 is 4.74 Å². The summed E-state index contributed by atoms with van der Waals surface area (Å²) in [5, 5.41) is 10.5. The molecular formula is C13H14Cl2N2O. The highest BCUT2D eigenvalue weighted by atomic mass is 35.5. The molecule has 5 heteroatoms. The largest absolute Gasteiger partial charge is 0.492 e. The van der Waals surface area contributed by atoms with Crippen molar-refractivity contribution in [3.05, 3.63) is 27.7 Å². The fourth-order valence-corrected chi connectivity index (χ4v) is 2.68. The number of fused-ring (bicyclic) bond motifs is 1. The molecule has 1 heterocycles. The van der Waals surface area contributed by atoms with Crippen LogP contribution < -0.4 is 4.74 Å². The van der Waals surface area contributed by atoms with Crippen molar-refractivity contribution in [3.63, 3.8) is 0 Å². The van der Waals surface area contributed by atoms with E-state index in [1.54, 1.807) is 6.07 Å². The van der Waals surface area contributed by atoms with Crippen LogP contribution in [0.1, 0.15) is 18.4 Å². The second-order valence-electron chi connectivity index (χ2n) is 4.56. The van der Waals surface area contributed by atoms with Crippen LogP contribution in [0, 0.1) is 11.3 Å². The van der Waals surface area contributed by atoms with Gasteiger partial charge in [0.25, 0.3) is 0 Å². The quantitative estimate of drug-likeness (QED) is 0.793. The molecule has 0 bridgehead atoms. The third-order valence-corrected chi connectivity index (χ3v) is 4.16. The first-order chi connectivity index (χ1) is 8.53. The maximum Gasteiger partial charge on any atom is 0.145 e. The molecule has 1 atom stereocenters. The molecule has 1 aliphatic rings. The van der Waals surface area contributed by atoms with Gasteiger partial charge in [-0.15, -0.1) is 0 Å². The molecule has 0 saturated heterocycles. The van der Waals surface area contributed by atoms with Crippen molar-refractivity contribution in [2.75, 3.05) is 20.7 Å². The summed E-state index contributed by atoms with van der Waals surface area (Å²) in [5.74, 6) is 0.539. The Bertz CT molecular complexity index is 510. The molecule has 1 aromatic carbocycles. The van der Waals surface area contributed by atoms with E-state index in [2.05, 4.69) is 6.07 Å². The SMILES string of the molecule is CN(C)C1(C#N)CCCOc2c1ccc(Cl)c2Cl. The Morgan fingerprint density at radius 2 is 2.11 bits per heavy atom. The summed E-state index contributed by atoms with van der Waals surface area (Å²) in [4.78, 5) is 1.91. The zero-order chi connectivity index (χ0) is 13.3. The van der Waals surface area contributed by atoms with Crippen LogP contribution in [0.5, 0.6) is 5.75 Å². The highest BCUT2D eigenvalue weighted by Crippen LogP contribution is 2.45. The predicted octanol–water partition coefficient (Wildman–Crippen LogP) is 3.45. The number of halogens is 2. The maximum absolute atomic E-state index is 9.62. The number of rotatable bonds is 1. The van der Waals surface area contributed by atoms with Gasteiger partial charge in [-0.1, -0.05) is 29.3 Å². The van der Waals surface area contributed by atoms with Crippen LogP contribution in [-0.2, 0) is 5.54 Å². The summed E-state index contributed by atoms with van der Waals surface area (Å²) in [6.45, 7) is 0.546. The first-order valence-electron chi connectivity index (χ1n) is 5.73. The lowest BCUT2D eigenvalue weighted by Gasteiger charge is -2.33. The number of nitriles is 1. The van der Waals surface area contributed by atoms with E-state index in [1.165, 1.54) is 0 Å². The standard InChI is InChI=1S/C13H14Cl2N2O/c1-17(2)13(8-16)6-3-7-18-12-9(13)4-5-10(14)11(12)15/h4-5H,3,6-7H2,1-2H3. The molecule has 0 radical (unpaired) electrons. The molecule has 1 unspecified atom stereocenters. The summed E-state index contributed by atoms with van der Waals surface area (Å²) >= 11 is 12.2. The van der Waals surface area contributed by atoms with Crippen LogP contribution in [0.3, 0.4) is 0 Å². The molecule has 0 amide bonds. The number of ether oxygens (including phenoxy) is 1. The minimum absolute atomic E-state index is 0.387. The van der Waals surface area contributed by atoms with Crippen molar-refractivity contribution >= 4 is 23.2 Å². The zero-order valence-corrected chi connectivity index (χ0v) is 11.8. The van der Waals surface area contributed by atoms with Gasteiger partial charge in [0.1, 0.15) is 16.3 Å². The summed E-state index contributed by atoms with van der Waals surface area (Å²) in [6.07, 6.45) is 1.51. The second-order valence-corrected chi connectivity index (χ2v) is 5.34. The molecule has 0 fully saturated rings. The minimum Gasteiger partial charge on any atom is -0.492 e. The summed E-state index contributed by atoms with van der Waals surface area (Å²) in [7, 11) is 3.78. The van der Waals surface area contributed by atoms with E-state index in [1.807, 2.05) is 25.1 Å². The molecule has 0 aliphatic carbocycles. The Morgan fingerprint density at radius 3 is 2.72 bits per heavy atom. The van der Waals surface area contributed by atoms with E-state index in [0.29, 0.717) is 28.8 Å². The van der Waals surface area contributed by atoms with E-state index >= 15 is 0 Å². The Hall–Kier alpha value is -0.950.